The molecule has 1 unspecified atom stereocenters. The highest BCUT2D eigenvalue weighted by Gasteiger charge is 2.29. The molecule has 1 saturated heterocycles. The zero-order valence-corrected chi connectivity index (χ0v) is 14.1. The molecule has 1 fully saturated rings. The molecule has 0 bridgehead atoms. The van der Waals surface area contributed by atoms with E-state index < -0.39 is 0 Å². The molecule has 3 heterocycles. The van der Waals surface area contributed by atoms with Gasteiger partial charge in [0.05, 0.1) is 10.0 Å². The molecule has 7 heteroatoms. The van der Waals surface area contributed by atoms with Crippen LogP contribution in [-0.4, -0.2) is 38.7 Å². The van der Waals surface area contributed by atoms with Gasteiger partial charge in [-0.05, 0) is 19.3 Å². The van der Waals surface area contributed by atoms with Crippen molar-refractivity contribution in [2.45, 2.75) is 38.6 Å². The summed E-state index contributed by atoms with van der Waals surface area (Å²) in [6, 6.07) is 0. The van der Waals surface area contributed by atoms with Gasteiger partial charge in [-0.15, -0.1) is 11.3 Å². The Kier molecular flexibility index (Phi) is 4.78. The number of likely N-dealkylation sites (tertiary alicyclic amines) is 1. The minimum atomic E-state index is -0.0684. The molecule has 22 heavy (non-hydrogen) atoms. The maximum atomic E-state index is 12.7. The van der Waals surface area contributed by atoms with Crippen LogP contribution in [0.1, 0.15) is 47.6 Å². The highest BCUT2D eigenvalue weighted by atomic mass is 35.5. The molecular weight excluding hydrogens is 320 g/mol. The second-order valence-corrected chi connectivity index (χ2v) is 6.88. The minimum absolute atomic E-state index is 0.0684. The molecule has 0 spiro atoms. The van der Waals surface area contributed by atoms with Gasteiger partial charge in [0.2, 0.25) is 0 Å². The van der Waals surface area contributed by atoms with Crippen LogP contribution in [0.3, 0.4) is 0 Å². The van der Waals surface area contributed by atoms with E-state index in [0.717, 1.165) is 37.4 Å². The Hall–Kier alpha value is -1.40. The van der Waals surface area contributed by atoms with Crippen LogP contribution in [0.4, 0.5) is 0 Å². The maximum absolute atomic E-state index is 12.7. The Balaban J connectivity index is 1.74. The highest BCUT2D eigenvalue weighted by Crippen LogP contribution is 2.29. The standard InChI is InChI=1S/C15H19ClN4OS/c1-2-6-20-10-12(16)13(18-20)15(21)19-7-3-4-11(9-19)14-17-5-8-22-14/h5,8,10-11H,2-4,6-7,9H2,1H3. The number of rotatable bonds is 4. The summed E-state index contributed by atoms with van der Waals surface area (Å²) in [5.41, 5.74) is 0.370. The first-order valence-corrected chi connectivity index (χ1v) is 8.86. The predicted octanol–water partition coefficient (Wildman–Crippen LogP) is 3.42. The SMILES string of the molecule is CCCn1cc(Cl)c(C(=O)N2CCCC(c3nccs3)C2)n1. The van der Waals surface area contributed by atoms with E-state index in [4.69, 9.17) is 11.6 Å². The van der Waals surface area contributed by atoms with Crippen molar-refractivity contribution >= 4 is 28.8 Å². The number of piperidine rings is 1. The number of hydrogen-bond donors (Lipinski definition) is 0. The lowest BCUT2D eigenvalue weighted by Gasteiger charge is -2.31. The van der Waals surface area contributed by atoms with Crippen LogP contribution in [0.5, 0.6) is 0 Å². The van der Waals surface area contributed by atoms with Gasteiger partial charge in [-0.1, -0.05) is 18.5 Å². The molecule has 3 rings (SSSR count). The van der Waals surface area contributed by atoms with Crippen LogP contribution in [-0.2, 0) is 6.54 Å². The molecule has 1 aliphatic heterocycles. The van der Waals surface area contributed by atoms with Gasteiger partial charge in [0.1, 0.15) is 0 Å². The molecule has 0 radical (unpaired) electrons. The molecule has 118 valence electrons. The second kappa shape index (κ2) is 6.79. The molecule has 1 atom stereocenters. The minimum Gasteiger partial charge on any atom is -0.337 e. The zero-order chi connectivity index (χ0) is 15.5. The normalized spacial score (nSPS) is 18.6. The van der Waals surface area contributed by atoms with Crippen LogP contribution in [0.2, 0.25) is 5.02 Å². The fraction of sp³-hybridized carbons (Fsp3) is 0.533. The van der Waals surface area contributed by atoms with Crippen molar-refractivity contribution in [3.63, 3.8) is 0 Å². The van der Waals surface area contributed by atoms with Crippen molar-refractivity contribution in [1.82, 2.24) is 19.7 Å². The molecule has 1 aliphatic rings. The van der Waals surface area contributed by atoms with Crippen molar-refractivity contribution in [1.29, 1.82) is 0 Å². The third-order valence-corrected chi connectivity index (χ3v) is 5.10. The van der Waals surface area contributed by atoms with Crippen molar-refractivity contribution in [3.8, 4) is 0 Å². The molecule has 2 aromatic rings. The van der Waals surface area contributed by atoms with Gasteiger partial charge in [-0.25, -0.2) is 4.98 Å². The van der Waals surface area contributed by atoms with E-state index in [1.54, 1.807) is 22.2 Å². The number of thiazole rings is 1. The summed E-state index contributed by atoms with van der Waals surface area (Å²) in [7, 11) is 0. The summed E-state index contributed by atoms with van der Waals surface area (Å²) in [5.74, 6) is 0.260. The third-order valence-electron chi connectivity index (χ3n) is 3.88. The molecular formula is C15H19ClN4OS. The van der Waals surface area contributed by atoms with E-state index in [1.165, 1.54) is 0 Å². The number of nitrogens with zero attached hydrogens (tertiary/aromatic N) is 4. The number of aryl methyl sites for hydroxylation is 1. The summed E-state index contributed by atoms with van der Waals surface area (Å²) in [4.78, 5) is 19.0. The summed E-state index contributed by atoms with van der Waals surface area (Å²) in [6.07, 6.45) is 6.59. The monoisotopic (exact) mass is 338 g/mol. The number of carbonyl (C=O) groups is 1. The maximum Gasteiger partial charge on any atom is 0.275 e. The van der Waals surface area contributed by atoms with Gasteiger partial charge in [0.15, 0.2) is 5.69 Å². The number of halogens is 1. The van der Waals surface area contributed by atoms with Gasteiger partial charge in [-0.3, -0.25) is 9.48 Å². The summed E-state index contributed by atoms with van der Waals surface area (Å²) < 4.78 is 1.75. The Morgan fingerprint density at radius 1 is 1.55 bits per heavy atom. The molecule has 0 aliphatic carbocycles. The zero-order valence-electron chi connectivity index (χ0n) is 12.5. The topological polar surface area (TPSA) is 51.0 Å². The smallest absolute Gasteiger partial charge is 0.275 e. The Morgan fingerprint density at radius 3 is 3.14 bits per heavy atom. The van der Waals surface area contributed by atoms with E-state index in [0.29, 0.717) is 23.2 Å². The van der Waals surface area contributed by atoms with Gasteiger partial charge in [-0.2, -0.15) is 5.10 Å². The summed E-state index contributed by atoms with van der Waals surface area (Å²) in [6.45, 7) is 4.30. The van der Waals surface area contributed by atoms with Crippen molar-refractivity contribution in [2.24, 2.45) is 0 Å². The molecule has 1 amide bonds. The van der Waals surface area contributed by atoms with Gasteiger partial charge in [0.25, 0.3) is 5.91 Å². The quantitative estimate of drug-likeness (QED) is 0.858. The Labute approximate surface area is 138 Å². The molecule has 0 saturated carbocycles. The second-order valence-electron chi connectivity index (χ2n) is 5.55. The van der Waals surface area contributed by atoms with Gasteiger partial charge < -0.3 is 4.90 Å². The van der Waals surface area contributed by atoms with Crippen LogP contribution >= 0.6 is 22.9 Å². The lowest BCUT2D eigenvalue weighted by Crippen LogP contribution is -2.39. The third kappa shape index (κ3) is 3.17. The number of carbonyl (C=O) groups excluding carboxylic acids is 1. The summed E-state index contributed by atoms with van der Waals surface area (Å²) in [5, 5.41) is 7.88. The number of aromatic nitrogens is 3. The van der Waals surface area contributed by atoms with Gasteiger partial charge in [0, 0.05) is 43.3 Å². The largest absolute Gasteiger partial charge is 0.337 e. The van der Waals surface area contributed by atoms with Crippen LogP contribution < -0.4 is 0 Å². The molecule has 0 aromatic carbocycles. The Bertz CT molecular complexity index is 640. The first-order chi connectivity index (χ1) is 10.7. The molecule has 5 nitrogen and oxygen atoms in total. The fourth-order valence-corrected chi connectivity index (χ4v) is 3.83. The number of amides is 1. The fourth-order valence-electron chi connectivity index (χ4n) is 2.83. The van der Waals surface area contributed by atoms with Crippen molar-refractivity contribution in [3.05, 3.63) is 33.5 Å². The van der Waals surface area contributed by atoms with E-state index in [9.17, 15) is 4.79 Å². The average Bonchev–Trinajstić information content (AvgIpc) is 3.17. The van der Waals surface area contributed by atoms with E-state index in [2.05, 4.69) is 17.0 Å². The van der Waals surface area contributed by atoms with E-state index in [1.807, 2.05) is 16.5 Å². The summed E-state index contributed by atoms with van der Waals surface area (Å²) >= 11 is 7.85. The van der Waals surface area contributed by atoms with Crippen molar-refractivity contribution < 1.29 is 4.79 Å². The van der Waals surface area contributed by atoms with Crippen LogP contribution in [0.15, 0.2) is 17.8 Å². The molecule has 2 aromatic heterocycles. The van der Waals surface area contributed by atoms with Crippen LogP contribution in [0, 0.1) is 0 Å². The number of hydrogen-bond acceptors (Lipinski definition) is 4. The predicted molar refractivity (Wildman–Crippen MR) is 87.5 cm³/mol. The van der Waals surface area contributed by atoms with Crippen LogP contribution in [0.25, 0.3) is 0 Å². The lowest BCUT2D eigenvalue weighted by molar-refractivity contribution is 0.0700. The van der Waals surface area contributed by atoms with Gasteiger partial charge >= 0.3 is 0 Å². The van der Waals surface area contributed by atoms with E-state index >= 15 is 0 Å². The first kappa shape index (κ1) is 15.5. The average molecular weight is 339 g/mol. The molecule has 0 N–H and O–H groups in total. The lowest BCUT2D eigenvalue weighted by atomic mass is 9.98. The van der Waals surface area contributed by atoms with Crippen molar-refractivity contribution in [2.75, 3.05) is 13.1 Å². The Morgan fingerprint density at radius 2 is 2.41 bits per heavy atom. The van der Waals surface area contributed by atoms with E-state index in [-0.39, 0.29) is 5.91 Å². The highest BCUT2D eigenvalue weighted by molar-refractivity contribution is 7.09. The first-order valence-electron chi connectivity index (χ1n) is 7.60.